The number of hydrogen-bond acceptors (Lipinski definition) is 3. The molecule has 1 saturated heterocycles. The van der Waals surface area contributed by atoms with Crippen molar-refractivity contribution >= 4 is 5.91 Å². The number of amides is 1. The molecule has 3 atom stereocenters. The van der Waals surface area contributed by atoms with Crippen LogP contribution in [0.5, 0.6) is 0 Å². The van der Waals surface area contributed by atoms with Gasteiger partial charge in [0.1, 0.15) is 0 Å². The molecule has 1 heterocycles. The fraction of sp³-hybridized carbons (Fsp3) is 0.533. The fourth-order valence-corrected chi connectivity index (χ4v) is 2.32. The smallest absolute Gasteiger partial charge is 0.224 e. The molecule has 0 radical (unpaired) electrons. The van der Waals surface area contributed by atoms with Gasteiger partial charge in [-0.1, -0.05) is 37.3 Å². The number of nitrogens with one attached hydrogen (secondary N) is 1. The van der Waals surface area contributed by atoms with E-state index in [1.807, 2.05) is 37.3 Å². The highest BCUT2D eigenvalue weighted by atomic mass is 16.5. The lowest BCUT2D eigenvalue weighted by Crippen LogP contribution is -2.40. The molecule has 1 fully saturated rings. The van der Waals surface area contributed by atoms with Gasteiger partial charge in [-0.25, -0.2) is 0 Å². The van der Waals surface area contributed by atoms with E-state index < -0.39 is 0 Å². The molecule has 1 aliphatic heterocycles. The lowest BCUT2D eigenvalue weighted by Gasteiger charge is -2.26. The molecule has 0 aliphatic carbocycles. The summed E-state index contributed by atoms with van der Waals surface area (Å²) in [7, 11) is 0. The Bertz CT molecular complexity index is 402. The number of nitrogens with two attached hydrogens (primary N) is 1. The predicted molar refractivity (Wildman–Crippen MR) is 74.5 cm³/mol. The minimum absolute atomic E-state index is 0.00754. The van der Waals surface area contributed by atoms with E-state index in [9.17, 15) is 4.79 Å². The van der Waals surface area contributed by atoms with Crippen LogP contribution in [0.3, 0.4) is 0 Å². The first-order valence-corrected chi connectivity index (χ1v) is 6.89. The van der Waals surface area contributed by atoms with Crippen molar-refractivity contribution in [1.82, 2.24) is 5.32 Å². The van der Waals surface area contributed by atoms with Crippen molar-refractivity contribution in [3.63, 3.8) is 0 Å². The average Bonchev–Trinajstić information content (AvgIpc) is 2.98. The van der Waals surface area contributed by atoms with Gasteiger partial charge >= 0.3 is 0 Å². The lowest BCUT2D eigenvalue weighted by atomic mass is 9.98. The van der Waals surface area contributed by atoms with Crippen molar-refractivity contribution in [3.8, 4) is 0 Å². The standard InChI is InChI=1S/C15H22N2O2/c1-11(10-16)15(18)17-14(13-8-5-9-19-13)12-6-3-2-4-7-12/h2-4,6-7,11,13-14H,5,8-10,16H2,1H3,(H,17,18). The highest BCUT2D eigenvalue weighted by Gasteiger charge is 2.29. The van der Waals surface area contributed by atoms with Crippen LogP contribution in [-0.4, -0.2) is 25.2 Å². The number of carbonyl (C=O) groups is 1. The Morgan fingerprint density at radius 2 is 2.21 bits per heavy atom. The number of hydrogen-bond donors (Lipinski definition) is 2. The molecule has 4 nitrogen and oxygen atoms in total. The molecule has 104 valence electrons. The Labute approximate surface area is 114 Å². The van der Waals surface area contributed by atoms with E-state index in [1.165, 1.54) is 0 Å². The largest absolute Gasteiger partial charge is 0.376 e. The summed E-state index contributed by atoms with van der Waals surface area (Å²) < 4.78 is 5.74. The Hall–Kier alpha value is -1.39. The second-order valence-electron chi connectivity index (χ2n) is 5.09. The molecule has 1 aliphatic rings. The van der Waals surface area contributed by atoms with Gasteiger partial charge < -0.3 is 15.8 Å². The second-order valence-corrected chi connectivity index (χ2v) is 5.09. The molecule has 0 spiro atoms. The molecule has 1 aromatic carbocycles. The van der Waals surface area contributed by atoms with Crippen LogP contribution < -0.4 is 11.1 Å². The zero-order valence-corrected chi connectivity index (χ0v) is 11.3. The zero-order valence-electron chi connectivity index (χ0n) is 11.3. The Kier molecular flexibility index (Phi) is 4.93. The quantitative estimate of drug-likeness (QED) is 0.847. The summed E-state index contributed by atoms with van der Waals surface area (Å²) in [4.78, 5) is 12.1. The number of carbonyl (C=O) groups excluding carboxylic acids is 1. The van der Waals surface area contributed by atoms with E-state index in [0.29, 0.717) is 6.54 Å². The van der Waals surface area contributed by atoms with Crippen LogP contribution in [0, 0.1) is 5.92 Å². The maximum absolute atomic E-state index is 12.1. The third kappa shape index (κ3) is 3.55. The minimum Gasteiger partial charge on any atom is -0.376 e. The summed E-state index contributed by atoms with van der Waals surface area (Å²) in [5.74, 6) is -0.181. The summed E-state index contributed by atoms with van der Waals surface area (Å²) in [5.41, 5.74) is 6.64. The number of rotatable bonds is 5. The van der Waals surface area contributed by atoms with E-state index in [4.69, 9.17) is 10.5 Å². The molecule has 1 amide bonds. The van der Waals surface area contributed by atoms with Crippen LogP contribution in [0.2, 0.25) is 0 Å². The van der Waals surface area contributed by atoms with Crippen LogP contribution in [0.4, 0.5) is 0 Å². The van der Waals surface area contributed by atoms with Crippen molar-refractivity contribution in [2.75, 3.05) is 13.2 Å². The van der Waals surface area contributed by atoms with Crippen molar-refractivity contribution < 1.29 is 9.53 Å². The van der Waals surface area contributed by atoms with Gasteiger partial charge in [0.05, 0.1) is 12.1 Å². The summed E-state index contributed by atoms with van der Waals surface area (Å²) in [6.45, 7) is 2.97. The van der Waals surface area contributed by atoms with Crippen LogP contribution in [0.1, 0.15) is 31.4 Å². The van der Waals surface area contributed by atoms with Gasteiger partial charge in [-0.05, 0) is 18.4 Å². The summed E-state index contributed by atoms with van der Waals surface area (Å²) in [6, 6.07) is 9.91. The van der Waals surface area contributed by atoms with E-state index in [1.54, 1.807) is 0 Å². The van der Waals surface area contributed by atoms with Gasteiger partial charge in [-0.3, -0.25) is 4.79 Å². The van der Waals surface area contributed by atoms with E-state index >= 15 is 0 Å². The van der Waals surface area contributed by atoms with Crippen molar-refractivity contribution in [2.24, 2.45) is 11.7 Å². The highest BCUT2D eigenvalue weighted by Crippen LogP contribution is 2.27. The number of benzene rings is 1. The molecular formula is C15H22N2O2. The van der Waals surface area contributed by atoms with Crippen molar-refractivity contribution in [1.29, 1.82) is 0 Å². The average molecular weight is 262 g/mol. The first kappa shape index (κ1) is 14.0. The first-order valence-electron chi connectivity index (χ1n) is 6.89. The van der Waals surface area contributed by atoms with Crippen LogP contribution in [0.15, 0.2) is 30.3 Å². The van der Waals surface area contributed by atoms with Gasteiger partial charge in [0, 0.05) is 19.1 Å². The molecule has 1 aromatic rings. The Balaban J connectivity index is 2.13. The normalized spacial score (nSPS) is 21.9. The third-order valence-electron chi connectivity index (χ3n) is 3.59. The van der Waals surface area contributed by atoms with Gasteiger partial charge in [-0.2, -0.15) is 0 Å². The van der Waals surface area contributed by atoms with Crippen LogP contribution in [0.25, 0.3) is 0 Å². The fourth-order valence-electron chi connectivity index (χ4n) is 2.32. The van der Waals surface area contributed by atoms with E-state index in [-0.39, 0.29) is 24.0 Å². The number of ether oxygens (including phenoxy) is 1. The van der Waals surface area contributed by atoms with Gasteiger partial charge in [0.2, 0.25) is 5.91 Å². The van der Waals surface area contributed by atoms with E-state index in [0.717, 1.165) is 25.0 Å². The molecule has 3 unspecified atom stereocenters. The molecule has 0 bridgehead atoms. The minimum atomic E-state index is -0.174. The maximum atomic E-state index is 12.1. The van der Waals surface area contributed by atoms with Gasteiger partial charge in [0.15, 0.2) is 0 Å². The summed E-state index contributed by atoms with van der Waals surface area (Å²) >= 11 is 0. The molecule has 2 rings (SSSR count). The second kappa shape index (κ2) is 6.68. The molecule has 0 aromatic heterocycles. The molecule has 19 heavy (non-hydrogen) atoms. The molecule has 0 saturated carbocycles. The Morgan fingerprint density at radius 3 is 2.79 bits per heavy atom. The van der Waals surface area contributed by atoms with Crippen molar-refractivity contribution in [3.05, 3.63) is 35.9 Å². The highest BCUT2D eigenvalue weighted by molar-refractivity contribution is 5.79. The SMILES string of the molecule is CC(CN)C(=O)NC(c1ccccc1)C1CCCO1. The van der Waals surface area contributed by atoms with Crippen LogP contribution >= 0.6 is 0 Å². The molecule has 3 N–H and O–H groups in total. The molecular weight excluding hydrogens is 240 g/mol. The zero-order chi connectivity index (χ0) is 13.7. The summed E-state index contributed by atoms with van der Waals surface area (Å²) in [6.07, 6.45) is 2.10. The topological polar surface area (TPSA) is 64.4 Å². The molecule has 4 heteroatoms. The summed E-state index contributed by atoms with van der Waals surface area (Å²) in [5, 5.41) is 3.08. The lowest BCUT2D eigenvalue weighted by molar-refractivity contribution is -0.126. The first-order chi connectivity index (χ1) is 9.22. The van der Waals surface area contributed by atoms with Crippen molar-refractivity contribution in [2.45, 2.75) is 31.9 Å². The Morgan fingerprint density at radius 1 is 1.47 bits per heavy atom. The van der Waals surface area contributed by atoms with Gasteiger partial charge in [-0.15, -0.1) is 0 Å². The monoisotopic (exact) mass is 262 g/mol. The van der Waals surface area contributed by atoms with Gasteiger partial charge in [0.25, 0.3) is 0 Å². The third-order valence-corrected chi connectivity index (χ3v) is 3.59. The van der Waals surface area contributed by atoms with Crippen LogP contribution in [-0.2, 0) is 9.53 Å². The van der Waals surface area contributed by atoms with E-state index in [2.05, 4.69) is 5.32 Å². The maximum Gasteiger partial charge on any atom is 0.224 e. The predicted octanol–water partition coefficient (Wildman–Crippen LogP) is 1.62.